The average molecular weight is 189 g/mol. The molecule has 0 atom stereocenters. The van der Waals surface area contributed by atoms with Gasteiger partial charge in [0.2, 0.25) is 0 Å². The summed E-state index contributed by atoms with van der Waals surface area (Å²) in [6, 6.07) is 8.75. The molecule has 0 aliphatic heterocycles. The molecule has 1 heterocycles. The van der Waals surface area contributed by atoms with Crippen LogP contribution >= 0.6 is 0 Å². The Kier molecular flexibility index (Phi) is 2.20. The molecule has 2 rings (SSSR count). The highest BCUT2D eigenvalue weighted by Crippen LogP contribution is 2.15. The van der Waals surface area contributed by atoms with Gasteiger partial charge in [0.15, 0.2) is 0 Å². The number of nitrogens with zero attached hydrogens (tertiary/aromatic N) is 2. The fourth-order valence-electron chi connectivity index (χ4n) is 1.34. The van der Waals surface area contributed by atoms with Gasteiger partial charge in [-0.3, -0.25) is 0 Å². The van der Waals surface area contributed by atoms with E-state index < -0.39 is 0 Å². The van der Waals surface area contributed by atoms with Gasteiger partial charge in [0.25, 0.3) is 0 Å². The van der Waals surface area contributed by atoms with Crippen LogP contribution in [0.4, 0.5) is 0 Å². The SMILES string of the molecule is NCc1ccnn1-c1cccc(O)c1. The molecule has 14 heavy (non-hydrogen) atoms. The Morgan fingerprint density at radius 3 is 2.93 bits per heavy atom. The first kappa shape index (κ1) is 8.77. The molecule has 1 aromatic carbocycles. The number of rotatable bonds is 2. The minimum absolute atomic E-state index is 0.223. The summed E-state index contributed by atoms with van der Waals surface area (Å²) in [6.07, 6.45) is 1.69. The van der Waals surface area contributed by atoms with E-state index in [4.69, 9.17) is 5.73 Å². The second-order valence-corrected chi connectivity index (χ2v) is 2.96. The topological polar surface area (TPSA) is 64.1 Å². The number of hydrogen-bond acceptors (Lipinski definition) is 3. The van der Waals surface area contributed by atoms with E-state index in [0.29, 0.717) is 6.54 Å². The van der Waals surface area contributed by atoms with Crippen LogP contribution in [0, 0.1) is 0 Å². The Morgan fingerprint density at radius 2 is 2.21 bits per heavy atom. The number of aromatic hydroxyl groups is 1. The minimum atomic E-state index is 0.223. The summed E-state index contributed by atoms with van der Waals surface area (Å²) in [5.74, 6) is 0.223. The highest BCUT2D eigenvalue weighted by atomic mass is 16.3. The molecule has 0 amide bonds. The lowest BCUT2D eigenvalue weighted by Gasteiger charge is -2.05. The monoisotopic (exact) mass is 189 g/mol. The second-order valence-electron chi connectivity index (χ2n) is 2.96. The van der Waals surface area contributed by atoms with Gasteiger partial charge in [-0.05, 0) is 18.2 Å². The smallest absolute Gasteiger partial charge is 0.117 e. The average Bonchev–Trinajstić information content (AvgIpc) is 2.65. The van der Waals surface area contributed by atoms with Gasteiger partial charge in [0.05, 0.1) is 11.4 Å². The summed E-state index contributed by atoms with van der Waals surface area (Å²) in [5, 5.41) is 13.4. The summed E-state index contributed by atoms with van der Waals surface area (Å²) in [4.78, 5) is 0. The van der Waals surface area contributed by atoms with Crippen molar-refractivity contribution in [3.63, 3.8) is 0 Å². The van der Waals surface area contributed by atoms with Gasteiger partial charge in [0, 0.05) is 18.8 Å². The van der Waals surface area contributed by atoms with Crippen LogP contribution in [-0.4, -0.2) is 14.9 Å². The predicted octanol–water partition coefficient (Wildman–Crippen LogP) is 1.04. The molecule has 72 valence electrons. The normalized spacial score (nSPS) is 10.4. The van der Waals surface area contributed by atoms with Crippen molar-refractivity contribution in [2.45, 2.75) is 6.54 Å². The maximum Gasteiger partial charge on any atom is 0.117 e. The second kappa shape index (κ2) is 3.51. The maximum absolute atomic E-state index is 9.30. The zero-order valence-corrected chi connectivity index (χ0v) is 7.59. The third-order valence-corrected chi connectivity index (χ3v) is 2.00. The third kappa shape index (κ3) is 1.47. The Hall–Kier alpha value is -1.81. The first-order chi connectivity index (χ1) is 6.81. The number of nitrogens with two attached hydrogens (primary N) is 1. The van der Waals surface area contributed by atoms with Gasteiger partial charge in [-0.25, -0.2) is 4.68 Å². The first-order valence-electron chi connectivity index (χ1n) is 4.33. The Balaban J connectivity index is 2.49. The summed E-state index contributed by atoms with van der Waals surface area (Å²) in [7, 11) is 0. The Morgan fingerprint density at radius 1 is 1.36 bits per heavy atom. The molecule has 3 N–H and O–H groups in total. The molecule has 0 bridgehead atoms. The molecule has 0 aliphatic rings. The molecule has 0 unspecified atom stereocenters. The molecule has 0 aliphatic carbocycles. The number of aromatic nitrogens is 2. The minimum Gasteiger partial charge on any atom is -0.508 e. The van der Waals surface area contributed by atoms with Crippen LogP contribution in [0.3, 0.4) is 0 Å². The lowest BCUT2D eigenvalue weighted by Crippen LogP contribution is -2.06. The Bertz CT molecular complexity index is 436. The van der Waals surface area contributed by atoms with Gasteiger partial charge >= 0.3 is 0 Å². The van der Waals surface area contributed by atoms with Crippen LogP contribution < -0.4 is 5.73 Å². The molecule has 4 nitrogen and oxygen atoms in total. The molecule has 0 saturated heterocycles. The van der Waals surface area contributed by atoms with E-state index in [2.05, 4.69) is 5.10 Å². The zero-order chi connectivity index (χ0) is 9.97. The molecule has 0 saturated carbocycles. The van der Waals surface area contributed by atoms with Crippen molar-refractivity contribution in [3.8, 4) is 11.4 Å². The van der Waals surface area contributed by atoms with E-state index in [1.807, 2.05) is 12.1 Å². The fourth-order valence-corrected chi connectivity index (χ4v) is 1.34. The number of phenols is 1. The van der Waals surface area contributed by atoms with Crippen LogP contribution in [0.5, 0.6) is 5.75 Å². The number of benzene rings is 1. The van der Waals surface area contributed by atoms with Crippen molar-refractivity contribution in [2.75, 3.05) is 0 Å². The summed E-state index contributed by atoms with van der Waals surface area (Å²) < 4.78 is 1.71. The van der Waals surface area contributed by atoms with Crippen LogP contribution in [0.25, 0.3) is 5.69 Å². The highest BCUT2D eigenvalue weighted by Gasteiger charge is 2.02. The first-order valence-corrected chi connectivity index (χ1v) is 4.33. The van der Waals surface area contributed by atoms with Crippen molar-refractivity contribution in [1.82, 2.24) is 9.78 Å². The zero-order valence-electron chi connectivity index (χ0n) is 7.59. The van der Waals surface area contributed by atoms with E-state index >= 15 is 0 Å². The van der Waals surface area contributed by atoms with Crippen molar-refractivity contribution in [3.05, 3.63) is 42.2 Å². The van der Waals surface area contributed by atoms with Crippen LogP contribution in [-0.2, 0) is 6.54 Å². The van der Waals surface area contributed by atoms with Crippen molar-refractivity contribution in [2.24, 2.45) is 5.73 Å². The van der Waals surface area contributed by atoms with Crippen molar-refractivity contribution in [1.29, 1.82) is 0 Å². The van der Waals surface area contributed by atoms with E-state index in [1.54, 1.807) is 29.1 Å². The number of phenolic OH excluding ortho intramolecular Hbond substituents is 1. The standard InChI is InChI=1S/C10H11N3O/c11-7-9-4-5-12-13(9)8-2-1-3-10(14)6-8/h1-6,14H,7,11H2. The van der Waals surface area contributed by atoms with E-state index in [0.717, 1.165) is 11.4 Å². The summed E-state index contributed by atoms with van der Waals surface area (Å²) in [5.41, 5.74) is 7.27. The quantitative estimate of drug-likeness (QED) is 0.741. The van der Waals surface area contributed by atoms with Gasteiger partial charge in [-0.2, -0.15) is 5.10 Å². The molecule has 0 radical (unpaired) electrons. The molecule has 4 heteroatoms. The highest BCUT2D eigenvalue weighted by molar-refractivity contribution is 5.38. The van der Waals surface area contributed by atoms with Gasteiger partial charge < -0.3 is 10.8 Å². The molecule has 0 spiro atoms. The van der Waals surface area contributed by atoms with Gasteiger partial charge in [0.1, 0.15) is 5.75 Å². The van der Waals surface area contributed by atoms with Crippen LogP contribution in [0.15, 0.2) is 36.5 Å². The van der Waals surface area contributed by atoms with Crippen molar-refractivity contribution >= 4 is 0 Å². The number of hydrogen-bond donors (Lipinski definition) is 2. The van der Waals surface area contributed by atoms with E-state index in [1.165, 1.54) is 0 Å². The Labute approximate surface area is 81.6 Å². The molecule has 2 aromatic rings. The van der Waals surface area contributed by atoms with Crippen LogP contribution in [0.1, 0.15) is 5.69 Å². The lowest BCUT2D eigenvalue weighted by atomic mass is 10.3. The molecule has 1 aromatic heterocycles. The predicted molar refractivity (Wildman–Crippen MR) is 53.1 cm³/mol. The van der Waals surface area contributed by atoms with Crippen LogP contribution in [0.2, 0.25) is 0 Å². The summed E-state index contributed by atoms with van der Waals surface area (Å²) in [6.45, 7) is 0.426. The largest absolute Gasteiger partial charge is 0.508 e. The van der Waals surface area contributed by atoms with Crippen molar-refractivity contribution < 1.29 is 5.11 Å². The lowest BCUT2D eigenvalue weighted by molar-refractivity contribution is 0.474. The van der Waals surface area contributed by atoms with E-state index in [9.17, 15) is 5.11 Å². The fraction of sp³-hybridized carbons (Fsp3) is 0.100. The summed E-state index contributed by atoms with van der Waals surface area (Å²) >= 11 is 0. The van der Waals surface area contributed by atoms with E-state index in [-0.39, 0.29) is 5.75 Å². The van der Waals surface area contributed by atoms with Gasteiger partial charge in [-0.15, -0.1) is 0 Å². The molecular weight excluding hydrogens is 178 g/mol. The maximum atomic E-state index is 9.30. The molecular formula is C10H11N3O. The third-order valence-electron chi connectivity index (χ3n) is 2.00. The van der Waals surface area contributed by atoms with Gasteiger partial charge in [-0.1, -0.05) is 6.07 Å². The molecule has 0 fully saturated rings.